The molecule has 0 bridgehead atoms. The van der Waals surface area contributed by atoms with Crippen molar-refractivity contribution in [3.05, 3.63) is 28.3 Å². The molecular weight excluding hydrogens is 245 g/mol. The Morgan fingerprint density at radius 3 is 2.38 bits per heavy atom. The number of halogens is 4. The minimum atomic E-state index is -4.53. The summed E-state index contributed by atoms with van der Waals surface area (Å²) in [5.74, 6) is -1.03. The number of hydrogen-bond donors (Lipinski definition) is 2. The van der Waals surface area contributed by atoms with Crippen LogP contribution in [0.2, 0.25) is 5.02 Å². The summed E-state index contributed by atoms with van der Waals surface area (Å²) in [5, 5.41) is 18.0. The van der Waals surface area contributed by atoms with Crippen LogP contribution in [0.25, 0.3) is 0 Å². The molecular formula is C10H10ClF3O2. The summed E-state index contributed by atoms with van der Waals surface area (Å²) in [7, 11) is 0. The van der Waals surface area contributed by atoms with E-state index in [-0.39, 0.29) is 17.2 Å². The first-order chi connectivity index (χ1) is 7.27. The van der Waals surface area contributed by atoms with Crippen molar-refractivity contribution >= 4 is 11.6 Å². The molecule has 2 N–H and O–H groups in total. The van der Waals surface area contributed by atoms with E-state index in [1.807, 2.05) is 0 Å². The molecule has 90 valence electrons. The molecule has 0 fully saturated rings. The van der Waals surface area contributed by atoms with Crippen molar-refractivity contribution in [1.82, 2.24) is 0 Å². The molecule has 1 atom stereocenters. The maximum atomic E-state index is 12.4. The molecule has 1 aromatic carbocycles. The standard InChI is InChI=1S/C10H10ClF3O2/c1-5(4-15)7-2-6(10(12,13)14)3-8(11)9(7)16/h2-3,5,15-16H,4H2,1H3. The summed E-state index contributed by atoms with van der Waals surface area (Å²) >= 11 is 5.49. The molecule has 1 rings (SSSR count). The minimum Gasteiger partial charge on any atom is -0.506 e. The van der Waals surface area contributed by atoms with Crippen LogP contribution in [0.15, 0.2) is 12.1 Å². The van der Waals surface area contributed by atoms with E-state index >= 15 is 0 Å². The van der Waals surface area contributed by atoms with Crippen molar-refractivity contribution in [2.75, 3.05) is 6.61 Å². The molecule has 0 aliphatic rings. The van der Waals surface area contributed by atoms with Gasteiger partial charge in [0.05, 0.1) is 10.6 Å². The van der Waals surface area contributed by atoms with Crippen LogP contribution < -0.4 is 0 Å². The van der Waals surface area contributed by atoms with E-state index in [2.05, 4.69) is 0 Å². The monoisotopic (exact) mass is 254 g/mol. The molecule has 16 heavy (non-hydrogen) atoms. The molecule has 2 nitrogen and oxygen atoms in total. The van der Waals surface area contributed by atoms with Crippen LogP contribution in [0, 0.1) is 0 Å². The van der Waals surface area contributed by atoms with Crippen molar-refractivity contribution in [2.24, 2.45) is 0 Å². The van der Waals surface area contributed by atoms with Crippen LogP contribution in [0.3, 0.4) is 0 Å². The number of aliphatic hydroxyl groups is 1. The van der Waals surface area contributed by atoms with Crippen LogP contribution in [0.1, 0.15) is 24.0 Å². The van der Waals surface area contributed by atoms with Gasteiger partial charge in [-0.15, -0.1) is 0 Å². The first-order valence-corrected chi connectivity index (χ1v) is 4.85. The summed E-state index contributed by atoms with van der Waals surface area (Å²) in [5.41, 5.74) is -0.951. The quantitative estimate of drug-likeness (QED) is 0.851. The number of alkyl halides is 3. The highest BCUT2D eigenvalue weighted by molar-refractivity contribution is 6.32. The van der Waals surface area contributed by atoms with E-state index in [1.54, 1.807) is 0 Å². The van der Waals surface area contributed by atoms with Crippen molar-refractivity contribution in [3.63, 3.8) is 0 Å². The van der Waals surface area contributed by atoms with Crippen LogP contribution >= 0.6 is 11.6 Å². The van der Waals surface area contributed by atoms with Gasteiger partial charge < -0.3 is 10.2 Å². The Labute approximate surface area is 95.3 Å². The number of phenols is 1. The fourth-order valence-corrected chi connectivity index (χ4v) is 1.48. The topological polar surface area (TPSA) is 40.5 Å². The van der Waals surface area contributed by atoms with E-state index in [4.69, 9.17) is 16.7 Å². The zero-order valence-corrected chi connectivity index (χ0v) is 9.10. The largest absolute Gasteiger partial charge is 0.506 e. The Morgan fingerprint density at radius 2 is 1.94 bits per heavy atom. The molecule has 0 radical (unpaired) electrons. The fraction of sp³-hybridized carbons (Fsp3) is 0.400. The smallest absolute Gasteiger partial charge is 0.416 e. The van der Waals surface area contributed by atoms with Gasteiger partial charge in [-0.05, 0) is 12.1 Å². The Hall–Kier alpha value is -0.940. The van der Waals surface area contributed by atoms with Gasteiger partial charge in [-0.1, -0.05) is 18.5 Å². The van der Waals surface area contributed by atoms with Crippen LogP contribution in [-0.4, -0.2) is 16.8 Å². The lowest BCUT2D eigenvalue weighted by Gasteiger charge is -2.15. The van der Waals surface area contributed by atoms with Gasteiger partial charge in [0.15, 0.2) is 0 Å². The van der Waals surface area contributed by atoms with Gasteiger partial charge in [0, 0.05) is 18.1 Å². The highest BCUT2D eigenvalue weighted by atomic mass is 35.5. The number of rotatable bonds is 2. The van der Waals surface area contributed by atoms with Crippen molar-refractivity contribution in [2.45, 2.75) is 19.0 Å². The molecule has 6 heteroatoms. The van der Waals surface area contributed by atoms with E-state index in [1.165, 1.54) is 6.92 Å². The second-order valence-electron chi connectivity index (χ2n) is 3.48. The predicted molar refractivity (Wildman–Crippen MR) is 53.6 cm³/mol. The SMILES string of the molecule is CC(CO)c1cc(C(F)(F)F)cc(Cl)c1O. The van der Waals surface area contributed by atoms with Gasteiger partial charge in [-0.3, -0.25) is 0 Å². The Bertz CT molecular complexity index is 390. The predicted octanol–water partition coefficient (Wildman–Crippen LogP) is 3.16. The summed E-state index contributed by atoms with van der Waals surface area (Å²) < 4.78 is 37.3. The fourth-order valence-electron chi connectivity index (χ4n) is 1.26. The van der Waals surface area contributed by atoms with Crippen molar-refractivity contribution in [3.8, 4) is 5.75 Å². The number of aromatic hydroxyl groups is 1. The van der Waals surface area contributed by atoms with E-state index in [0.717, 1.165) is 6.07 Å². The molecule has 0 heterocycles. The molecule has 0 aromatic heterocycles. The number of benzene rings is 1. The normalized spacial score (nSPS) is 13.9. The zero-order chi connectivity index (χ0) is 12.5. The van der Waals surface area contributed by atoms with Crippen molar-refractivity contribution in [1.29, 1.82) is 0 Å². The molecule has 1 unspecified atom stereocenters. The Kier molecular flexibility index (Phi) is 3.70. The molecule has 0 aliphatic heterocycles. The second kappa shape index (κ2) is 4.51. The number of hydrogen-bond acceptors (Lipinski definition) is 2. The van der Waals surface area contributed by atoms with Crippen molar-refractivity contribution < 1.29 is 23.4 Å². The summed E-state index contributed by atoms with van der Waals surface area (Å²) in [6.07, 6.45) is -4.53. The molecule has 0 spiro atoms. The zero-order valence-electron chi connectivity index (χ0n) is 8.35. The average Bonchev–Trinajstić information content (AvgIpc) is 2.19. The lowest BCUT2D eigenvalue weighted by Crippen LogP contribution is -2.08. The summed E-state index contributed by atoms with van der Waals surface area (Å²) in [6.45, 7) is 1.12. The third-order valence-corrected chi connectivity index (χ3v) is 2.51. The maximum Gasteiger partial charge on any atom is 0.416 e. The van der Waals surface area contributed by atoms with Gasteiger partial charge in [0.2, 0.25) is 0 Å². The first kappa shape index (κ1) is 13.1. The van der Waals surface area contributed by atoms with Crippen LogP contribution in [0.5, 0.6) is 5.75 Å². The lowest BCUT2D eigenvalue weighted by molar-refractivity contribution is -0.137. The van der Waals surface area contributed by atoms with Gasteiger partial charge in [-0.25, -0.2) is 0 Å². The summed E-state index contributed by atoms with van der Waals surface area (Å²) in [4.78, 5) is 0. The van der Waals surface area contributed by atoms with E-state index < -0.39 is 23.4 Å². The molecule has 0 saturated carbocycles. The van der Waals surface area contributed by atoms with Crippen LogP contribution in [-0.2, 0) is 6.18 Å². The average molecular weight is 255 g/mol. The molecule has 0 aliphatic carbocycles. The maximum absolute atomic E-state index is 12.4. The van der Waals surface area contributed by atoms with Crippen LogP contribution in [0.4, 0.5) is 13.2 Å². The molecule has 0 saturated heterocycles. The van der Waals surface area contributed by atoms with E-state index in [9.17, 15) is 18.3 Å². The van der Waals surface area contributed by atoms with E-state index in [0.29, 0.717) is 6.07 Å². The highest BCUT2D eigenvalue weighted by Gasteiger charge is 2.32. The third-order valence-electron chi connectivity index (χ3n) is 2.22. The highest BCUT2D eigenvalue weighted by Crippen LogP contribution is 2.39. The Morgan fingerprint density at radius 1 is 1.38 bits per heavy atom. The molecule has 1 aromatic rings. The van der Waals surface area contributed by atoms with Gasteiger partial charge in [0.1, 0.15) is 5.75 Å². The van der Waals surface area contributed by atoms with Gasteiger partial charge in [-0.2, -0.15) is 13.2 Å². The van der Waals surface area contributed by atoms with Gasteiger partial charge >= 0.3 is 6.18 Å². The lowest BCUT2D eigenvalue weighted by atomic mass is 9.98. The second-order valence-corrected chi connectivity index (χ2v) is 3.88. The number of phenolic OH excluding ortho intramolecular Hbond substituents is 1. The minimum absolute atomic E-state index is 0.0117. The van der Waals surface area contributed by atoms with Gasteiger partial charge in [0.25, 0.3) is 0 Å². The first-order valence-electron chi connectivity index (χ1n) is 4.47. The summed E-state index contributed by atoms with van der Waals surface area (Å²) in [6, 6.07) is 1.45. The molecule has 0 amide bonds. The third kappa shape index (κ3) is 2.59. The number of aliphatic hydroxyl groups excluding tert-OH is 1. The Balaban J connectivity index is 3.33.